The average Bonchev–Trinajstić information content (AvgIpc) is 2.73. The number of rotatable bonds is 5. The van der Waals surface area contributed by atoms with Gasteiger partial charge in [0.1, 0.15) is 0 Å². The van der Waals surface area contributed by atoms with E-state index >= 15 is 0 Å². The Balaban J connectivity index is 1.88. The van der Waals surface area contributed by atoms with E-state index in [1.165, 1.54) is 29.2 Å². The van der Waals surface area contributed by atoms with Crippen molar-refractivity contribution in [1.82, 2.24) is 9.88 Å². The molecule has 1 unspecified atom stereocenters. The molecule has 0 bridgehead atoms. The lowest BCUT2D eigenvalue weighted by atomic mass is 10.0. The van der Waals surface area contributed by atoms with E-state index in [0.717, 1.165) is 11.6 Å². The quantitative estimate of drug-likeness (QED) is 0.464. The first-order valence-corrected chi connectivity index (χ1v) is 9.42. The largest absolute Gasteiger partial charge is 0.417 e. The first kappa shape index (κ1) is 21.6. The molecule has 0 aliphatic rings. The molecule has 3 aromatic rings. The van der Waals surface area contributed by atoms with Gasteiger partial charge in [0.2, 0.25) is 5.91 Å². The summed E-state index contributed by atoms with van der Waals surface area (Å²) < 4.78 is 39.1. The molecule has 154 valence electrons. The number of amides is 1. The van der Waals surface area contributed by atoms with Crippen molar-refractivity contribution >= 4 is 23.6 Å². The summed E-state index contributed by atoms with van der Waals surface area (Å²) in [6.07, 6.45) is -0.349. The van der Waals surface area contributed by atoms with Crippen LogP contribution in [-0.2, 0) is 11.0 Å². The molecule has 30 heavy (non-hydrogen) atoms. The number of nitrogens with zero attached hydrogens (tertiary/aromatic N) is 2. The van der Waals surface area contributed by atoms with Crippen molar-refractivity contribution in [3.05, 3.63) is 106 Å². The number of alkyl halides is 3. The number of carbonyl (C=O) groups excluding carboxylic acids is 1. The summed E-state index contributed by atoms with van der Waals surface area (Å²) in [5.41, 5.74) is 0.829. The number of benzene rings is 2. The summed E-state index contributed by atoms with van der Waals surface area (Å²) >= 11 is 5.65. The van der Waals surface area contributed by atoms with Crippen LogP contribution in [0.4, 0.5) is 13.2 Å². The number of likely N-dealkylation sites (N-methyl/N-ethyl adjacent to an activating group) is 1. The average molecular weight is 431 g/mol. The van der Waals surface area contributed by atoms with E-state index in [2.05, 4.69) is 4.98 Å². The molecule has 3 rings (SSSR count). The first-order valence-electron chi connectivity index (χ1n) is 9.05. The predicted octanol–water partition coefficient (Wildman–Crippen LogP) is 6.02. The molecule has 1 amide bonds. The zero-order chi connectivity index (χ0) is 21.7. The molecule has 0 saturated heterocycles. The van der Waals surface area contributed by atoms with Crippen molar-refractivity contribution in [3.8, 4) is 0 Å². The Morgan fingerprint density at radius 3 is 2.40 bits per heavy atom. The van der Waals surface area contributed by atoms with Gasteiger partial charge in [-0.25, -0.2) is 0 Å². The second kappa shape index (κ2) is 9.13. The zero-order valence-electron chi connectivity index (χ0n) is 16.0. The van der Waals surface area contributed by atoms with Gasteiger partial charge in [-0.05, 0) is 41.5 Å². The summed E-state index contributed by atoms with van der Waals surface area (Å²) in [4.78, 5) is 18.7. The molecule has 1 atom stereocenters. The van der Waals surface area contributed by atoms with Crippen LogP contribution in [0.5, 0.6) is 0 Å². The van der Waals surface area contributed by atoms with Crippen LogP contribution in [0.3, 0.4) is 0 Å². The highest BCUT2D eigenvalue weighted by Crippen LogP contribution is 2.35. The molecular formula is C23H18ClF3N2O. The molecule has 1 aromatic heterocycles. The van der Waals surface area contributed by atoms with E-state index in [4.69, 9.17) is 11.6 Å². The van der Waals surface area contributed by atoms with Gasteiger partial charge >= 0.3 is 6.18 Å². The predicted molar refractivity (Wildman–Crippen MR) is 111 cm³/mol. The van der Waals surface area contributed by atoms with Gasteiger partial charge in [0.15, 0.2) is 0 Å². The third kappa shape index (κ3) is 5.07. The van der Waals surface area contributed by atoms with Crippen LogP contribution in [0.2, 0.25) is 5.02 Å². The Labute approximate surface area is 177 Å². The minimum atomic E-state index is -4.57. The normalized spacial score (nSPS) is 12.7. The fraction of sp³-hybridized carbons (Fsp3) is 0.130. The summed E-state index contributed by atoms with van der Waals surface area (Å²) in [5, 5.41) is -0.387. The lowest BCUT2D eigenvalue weighted by Crippen LogP contribution is -2.31. The molecule has 7 heteroatoms. The Hall–Kier alpha value is -3.12. The summed E-state index contributed by atoms with van der Waals surface area (Å²) in [6, 6.07) is 17.9. The van der Waals surface area contributed by atoms with E-state index in [9.17, 15) is 18.0 Å². The van der Waals surface area contributed by atoms with Crippen molar-refractivity contribution < 1.29 is 18.0 Å². The fourth-order valence-corrected chi connectivity index (χ4v) is 3.27. The minimum Gasteiger partial charge on any atom is -0.329 e. The van der Waals surface area contributed by atoms with Crippen molar-refractivity contribution in [3.63, 3.8) is 0 Å². The molecule has 0 aliphatic heterocycles. The maximum absolute atomic E-state index is 13.0. The van der Waals surface area contributed by atoms with Crippen LogP contribution in [0.25, 0.3) is 6.08 Å². The summed E-state index contributed by atoms with van der Waals surface area (Å²) in [5.74, 6) is -0.377. The molecule has 2 aromatic carbocycles. The van der Waals surface area contributed by atoms with Crippen LogP contribution >= 0.6 is 11.6 Å². The molecule has 0 N–H and O–H groups in total. The van der Waals surface area contributed by atoms with Crippen molar-refractivity contribution in [1.29, 1.82) is 0 Å². The highest BCUT2D eigenvalue weighted by Gasteiger charge is 2.33. The molecule has 0 spiro atoms. The number of hydrogen-bond donors (Lipinski definition) is 0. The number of aromatic nitrogens is 1. The number of carbonyl (C=O) groups is 1. The highest BCUT2D eigenvalue weighted by atomic mass is 35.5. The van der Waals surface area contributed by atoms with Crippen molar-refractivity contribution in [2.24, 2.45) is 0 Å². The zero-order valence-corrected chi connectivity index (χ0v) is 16.7. The SMILES string of the molecule is CN(C(=O)/C=C/c1ccc(Cl)c(C(F)(F)F)c1)C(c1ccccc1)c1ccccn1. The third-order valence-corrected chi connectivity index (χ3v) is 4.86. The summed E-state index contributed by atoms with van der Waals surface area (Å²) in [6.45, 7) is 0. The monoisotopic (exact) mass is 430 g/mol. The Morgan fingerprint density at radius 1 is 1.07 bits per heavy atom. The molecule has 0 fully saturated rings. The highest BCUT2D eigenvalue weighted by molar-refractivity contribution is 6.31. The topological polar surface area (TPSA) is 33.2 Å². The van der Waals surface area contributed by atoms with Crippen LogP contribution in [0.15, 0.2) is 79.0 Å². The van der Waals surface area contributed by atoms with Gasteiger partial charge in [-0.3, -0.25) is 9.78 Å². The Bertz CT molecular complexity index is 998. The van der Waals surface area contributed by atoms with Crippen LogP contribution in [0.1, 0.15) is 28.4 Å². The van der Waals surface area contributed by atoms with E-state index in [1.807, 2.05) is 42.5 Å². The van der Waals surface area contributed by atoms with Gasteiger partial charge in [-0.2, -0.15) is 13.2 Å². The maximum atomic E-state index is 13.0. The standard InChI is InChI=1S/C23H18ClF3N2O/c1-29(22(17-7-3-2-4-8-17)20-9-5-6-14-28-20)21(30)13-11-16-10-12-19(24)18(15-16)23(25,26)27/h2-15,22H,1H3/b13-11+. The first-order chi connectivity index (χ1) is 14.3. The van der Waals surface area contributed by atoms with Gasteiger partial charge in [-0.15, -0.1) is 0 Å². The second-order valence-corrected chi connectivity index (χ2v) is 6.99. The van der Waals surface area contributed by atoms with Crippen LogP contribution in [-0.4, -0.2) is 22.8 Å². The van der Waals surface area contributed by atoms with Gasteiger partial charge in [0.05, 0.1) is 22.3 Å². The molecule has 0 saturated carbocycles. The molecule has 1 heterocycles. The van der Waals surface area contributed by atoms with E-state index in [1.54, 1.807) is 19.3 Å². The van der Waals surface area contributed by atoms with Crippen molar-refractivity contribution in [2.75, 3.05) is 7.05 Å². The van der Waals surface area contributed by atoms with Gasteiger partial charge in [-0.1, -0.05) is 54.1 Å². The van der Waals surface area contributed by atoms with Crippen LogP contribution < -0.4 is 0 Å². The minimum absolute atomic E-state index is 0.225. The molecule has 0 aliphatic carbocycles. The van der Waals surface area contributed by atoms with Gasteiger partial charge in [0.25, 0.3) is 0 Å². The van der Waals surface area contributed by atoms with E-state index < -0.39 is 17.8 Å². The summed E-state index contributed by atoms with van der Waals surface area (Å²) in [7, 11) is 1.63. The van der Waals surface area contributed by atoms with E-state index in [-0.39, 0.29) is 16.5 Å². The third-order valence-electron chi connectivity index (χ3n) is 4.53. The Kier molecular flexibility index (Phi) is 6.57. The second-order valence-electron chi connectivity index (χ2n) is 6.59. The number of pyridine rings is 1. The lowest BCUT2D eigenvalue weighted by molar-refractivity contribution is -0.137. The Morgan fingerprint density at radius 2 is 1.77 bits per heavy atom. The lowest BCUT2D eigenvalue weighted by Gasteiger charge is -2.27. The number of hydrogen-bond acceptors (Lipinski definition) is 2. The molecular weight excluding hydrogens is 413 g/mol. The van der Waals surface area contributed by atoms with E-state index in [0.29, 0.717) is 5.69 Å². The van der Waals surface area contributed by atoms with Gasteiger partial charge in [0, 0.05) is 19.3 Å². The number of halogens is 4. The smallest absolute Gasteiger partial charge is 0.329 e. The molecule has 3 nitrogen and oxygen atoms in total. The van der Waals surface area contributed by atoms with Gasteiger partial charge < -0.3 is 4.90 Å². The fourth-order valence-electron chi connectivity index (χ4n) is 3.04. The maximum Gasteiger partial charge on any atom is 0.417 e. The van der Waals surface area contributed by atoms with Crippen LogP contribution in [0, 0.1) is 0 Å². The molecule has 0 radical (unpaired) electrons. The van der Waals surface area contributed by atoms with Crippen molar-refractivity contribution in [2.45, 2.75) is 12.2 Å².